The van der Waals surface area contributed by atoms with Gasteiger partial charge in [-0.1, -0.05) is 19.3 Å². The molecule has 0 aromatic rings. The van der Waals surface area contributed by atoms with Crippen LogP contribution < -0.4 is 5.43 Å². The molecule has 10 heteroatoms. The number of rotatable bonds is 6. The second-order valence-electron chi connectivity index (χ2n) is 4.82. The minimum atomic E-state index is -1.01. The molecule has 0 spiro atoms. The van der Waals surface area contributed by atoms with Gasteiger partial charge in [0.2, 0.25) is 0 Å². The molecule has 9 nitrogen and oxygen atoms in total. The predicted octanol–water partition coefficient (Wildman–Crippen LogP) is 0.943. The molecule has 0 aromatic heterocycles. The SMILES string of the molecule is CCN(CC)CCN=C1N=C2C=CC([N+](=O)[O-])C=C2[N+](=O)N1.Cl. The molecule has 0 saturated heterocycles. The largest absolute Gasteiger partial charge is 0.321 e. The predicted molar refractivity (Wildman–Crippen MR) is 89.5 cm³/mol. The summed E-state index contributed by atoms with van der Waals surface area (Å²) in [4.78, 5) is 33.4. The third-order valence-electron chi connectivity index (χ3n) is 3.50. The molecule has 23 heavy (non-hydrogen) atoms. The molecule has 2 rings (SSSR count). The lowest BCUT2D eigenvalue weighted by molar-refractivity contribution is -0.541. The summed E-state index contributed by atoms with van der Waals surface area (Å²) in [5, 5.41) is 10.8. The van der Waals surface area contributed by atoms with E-state index in [9.17, 15) is 15.0 Å². The molecule has 0 fully saturated rings. The van der Waals surface area contributed by atoms with Crippen LogP contribution in [-0.2, 0) is 0 Å². The molecule has 1 heterocycles. The number of hydrogen-bond donors (Lipinski definition) is 1. The second-order valence-corrected chi connectivity index (χ2v) is 4.82. The monoisotopic (exact) mass is 343 g/mol. The lowest BCUT2D eigenvalue weighted by Crippen LogP contribution is -2.41. The van der Waals surface area contributed by atoms with Gasteiger partial charge in [0.15, 0.2) is 4.87 Å². The van der Waals surface area contributed by atoms with Gasteiger partial charge in [-0.25, -0.2) is 9.98 Å². The van der Waals surface area contributed by atoms with Crippen LogP contribution in [0.4, 0.5) is 0 Å². The van der Waals surface area contributed by atoms with Crippen molar-refractivity contribution < 1.29 is 9.79 Å². The van der Waals surface area contributed by atoms with Crippen molar-refractivity contribution in [3.8, 4) is 0 Å². The van der Waals surface area contributed by atoms with Crippen LogP contribution in [0.25, 0.3) is 0 Å². The third kappa shape index (κ3) is 4.67. The zero-order valence-electron chi connectivity index (χ0n) is 13.0. The number of allylic oxidation sites excluding steroid dienone is 1. The normalized spacial score (nSPS) is 21.3. The summed E-state index contributed by atoms with van der Waals surface area (Å²) in [6.07, 6.45) is 4.15. The van der Waals surface area contributed by atoms with Gasteiger partial charge < -0.3 is 4.90 Å². The van der Waals surface area contributed by atoms with E-state index in [1.165, 1.54) is 18.2 Å². The van der Waals surface area contributed by atoms with Gasteiger partial charge >= 0.3 is 5.70 Å². The highest BCUT2D eigenvalue weighted by Crippen LogP contribution is 2.14. The minimum absolute atomic E-state index is 0. The molecule has 0 aromatic carbocycles. The summed E-state index contributed by atoms with van der Waals surface area (Å²) >= 11 is 0. The van der Waals surface area contributed by atoms with E-state index in [2.05, 4.69) is 34.2 Å². The molecule has 1 atom stereocenters. The van der Waals surface area contributed by atoms with E-state index in [0.717, 1.165) is 19.6 Å². The zero-order chi connectivity index (χ0) is 16.1. The molecule has 1 N–H and O–H groups in total. The number of hydrogen-bond acceptors (Lipinski definition) is 5. The van der Waals surface area contributed by atoms with Gasteiger partial charge in [-0.3, -0.25) is 10.1 Å². The first-order chi connectivity index (χ1) is 10.5. The van der Waals surface area contributed by atoms with Crippen molar-refractivity contribution in [3.63, 3.8) is 0 Å². The first-order valence-electron chi connectivity index (χ1n) is 7.18. The van der Waals surface area contributed by atoms with Crippen molar-refractivity contribution in [1.29, 1.82) is 0 Å². The Labute approximate surface area is 140 Å². The Balaban J connectivity index is 0.00000264. The van der Waals surface area contributed by atoms with Gasteiger partial charge in [-0.2, -0.15) is 0 Å². The Bertz CT molecular complexity index is 595. The first-order valence-corrected chi connectivity index (χ1v) is 7.18. The molecule has 126 valence electrons. The number of nitrogens with zero attached hydrogens (tertiary/aromatic N) is 5. The van der Waals surface area contributed by atoms with Crippen molar-refractivity contribution >= 4 is 24.1 Å². The maximum Gasteiger partial charge on any atom is 0.321 e. The summed E-state index contributed by atoms with van der Waals surface area (Å²) < 4.78 is 0. The van der Waals surface area contributed by atoms with Crippen LogP contribution >= 0.6 is 12.4 Å². The molecular formula is C13H20ClN6O3+. The number of guanidine groups is 1. The lowest BCUT2D eigenvalue weighted by Gasteiger charge is -2.16. The standard InChI is InChI=1S/C13H19N6O3.ClH/c1-3-17(4-2)8-7-14-13-15-11-6-5-10(19(21)22)9-12(11)18(20)16-13;/h5-6,9-10H,3-4,7-8H2,1-2H3,(H,14,16,20);1H/q+1;. The molecule has 0 saturated carbocycles. The Morgan fingerprint density at radius 1 is 1.48 bits per heavy atom. The smallest absolute Gasteiger partial charge is 0.302 e. The quantitative estimate of drug-likeness (QED) is 0.439. The van der Waals surface area contributed by atoms with Crippen molar-refractivity contribution in [2.24, 2.45) is 9.98 Å². The van der Waals surface area contributed by atoms with E-state index in [-0.39, 0.29) is 24.1 Å². The summed E-state index contributed by atoms with van der Waals surface area (Å²) in [7, 11) is 0. The number of aliphatic imine (C=N–C) groups is 2. The van der Waals surface area contributed by atoms with Crippen molar-refractivity contribution in [2.75, 3.05) is 26.2 Å². The topological polar surface area (TPSA) is 103 Å². The molecular weight excluding hydrogens is 324 g/mol. The average molecular weight is 344 g/mol. The van der Waals surface area contributed by atoms with Gasteiger partial charge in [0, 0.05) is 11.5 Å². The Morgan fingerprint density at radius 3 is 2.78 bits per heavy atom. The van der Waals surface area contributed by atoms with Gasteiger partial charge in [-0.05, 0) is 25.2 Å². The van der Waals surface area contributed by atoms with E-state index in [0.29, 0.717) is 17.1 Å². The minimum Gasteiger partial charge on any atom is -0.302 e. The summed E-state index contributed by atoms with van der Waals surface area (Å²) in [6.45, 7) is 7.33. The van der Waals surface area contributed by atoms with E-state index < -0.39 is 11.0 Å². The van der Waals surface area contributed by atoms with Crippen molar-refractivity contribution in [3.05, 3.63) is 38.9 Å². The third-order valence-corrected chi connectivity index (χ3v) is 3.50. The first kappa shape index (κ1) is 18.9. The van der Waals surface area contributed by atoms with Crippen LogP contribution in [0, 0.1) is 15.0 Å². The van der Waals surface area contributed by atoms with Gasteiger partial charge in [0.25, 0.3) is 12.0 Å². The zero-order valence-corrected chi connectivity index (χ0v) is 13.8. The van der Waals surface area contributed by atoms with Gasteiger partial charge in [-0.15, -0.1) is 12.4 Å². The Morgan fingerprint density at radius 2 is 2.17 bits per heavy atom. The number of halogens is 1. The van der Waals surface area contributed by atoms with Crippen LogP contribution in [0.2, 0.25) is 0 Å². The maximum atomic E-state index is 11.9. The molecule has 0 bridgehead atoms. The van der Waals surface area contributed by atoms with E-state index in [1.54, 1.807) is 0 Å². The van der Waals surface area contributed by atoms with E-state index >= 15 is 0 Å². The van der Waals surface area contributed by atoms with Gasteiger partial charge in [0.05, 0.1) is 17.5 Å². The molecule has 2 aliphatic rings. The fourth-order valence-corrected chi connectivity index (χ4v) is 2.17. The van der Waals surface area contributed by atoms with Crippen LogP contribution in [0.3, 0.4) is 0 Å². The fourth-order valence-electron chi connectivity index (χ4n) is 2.17. The number of nitro groups is 1. The fraction of sp³-hybridized carbons (Fsp3) is 0.538. The van der Waals surface area contributed by atoms with E-state index in [1.807, 2.05) is 0 Å². The molecule has 0 amide bonds. The second kappa shape index (κ2) is 8.49. The van der Waals surface area contributed by atoms with Gasteiger partial charge in [0.1, 0.15) is 5.71 Å². The Kier molecular flexibility index (Phi) is 6.98. The number of hydrazine groups is 1. The number of nitrogens with one attached hydrogen (secondary N) is 1. The molecule has 0 radical (unpaired) electrons. The van der Waals surface area contributed by atoms with Crippen LogP contribution in [0.1, 0.15) is 13.8 Å². The number of likely N-dealkylation sites (N-methyl/N-ethyl adjacent to an activating group) is 1. The van der Waals surface area contributed by atoms with Crippen LogP contribution in [-0.4, -0.2) is 58.6 Å². The molecule has 1 aliphatic heterocycles. The maximum absolute atomic E-state index is 11.9. The highest BCUT2D eigenvalue weighted by molar-refractivity contribution is 6.13. The summed E-state index contributed by atoms with van der Waals surface area (Å²) in [6, 6.07) is -1.01. The van der Waals surface area contributed by atoms with Crippen LogP contribution in [0.15, 0.2) is 33.9 Å². The number of nitroso groups, excluding NO2 is 1. The highest BCUT2D eigenvalue weighted by atomic mass is 35.5. The summed E-state index contributed by atoms with van der Waals surface area (Å²) in [5.41, 5.74) is 3.01. The van der Waals surface area contributed by atoms with Crippen molar-refractivity contribution in [2.45, 2.75) is 19.9 Å². The lowest BCUT2D eigenvalue weighted by atomic mass is 10.1. The average Bonchev–Trinajstić information content (AvgIpc) is 2.51. The highest BCUT2D eigenvalue weighted by Gasteiger charge is 2.36. The summed E-state index contributed by atoms with van der Waals surface area (Å²) in [5.74, 6) is 0.221. The van der Waals surface area contributed by atoms with E-state index in [4.69, 9.17) is 0 Å². The number of fused-ring (bicyclic) bond motifs is 1. The Hall–Kier alpha value is -2.13. The van der Waals surface area contributed by atoms with Crippen LogP contribution in [0.5, 0.6) is 0 Å². The molecule has 1 unspecified atom stereocenters. The molecule has 1 aliphatic carbocycles. The van der Waals surface area contributed by atoms with Crippen molar-refractivity contribution in [1.82, 2.24) is 10.3 Å².